The largest absolute Gasteiger partial charge is 0.483 e. The van der Waals surface area contributed by atoms with Crippen LogP contribution in [0.15, 0.2) is 24.3 Å². The Labute approximate surface area is 120 Å². The molecular weight excluding hydrogens is 345 g/mol. The van der Waals surface area contributed by atoms with Gasteiger partial charge in [-0.1, -0.05) is 12.1 Å². The molecule has 1 aliphatic heterocycles. The molecule has 1 saturated heterocycles. The van der Waals surface area contributed by atoms with E-state index >= 15 is 0 Å². The molecule has 0 atom stereocenters. The van der Waals surface area contributed by atoms with E-state index in [4.69, 9.17) is 9.47 Å². The third kappa shape index (κ3) is 4.13. The second-order valence-electron chi connectivity index (χ2n) is 4.17. The van der Waals surface area contributed by atoms with Gasteiger partial charge < -0.3 is 14.8 Å². The van der Waals surface area contributed by atoms with Gasteiger partial charge in [-0.3, -0.25) is 4.79 Å². The van der Waals surface area contributed by atoms with E-state index in [0.29, 0.717) is 0 Å². The van der Waals surface area contributed by atoms with Gasteiger partial charge >= 0.3 is 0 Å². The summed E-state index contributed by atoms with van der Waals surface area (Å²) in [5, 5.41) is 2.96. The highest BCUT2D eigenvalue weighted by Crippen LogP contribution is 2.19. The lowest BCUT2D eigenvalue weighted by Gasteiger charge is -2.23. The molecule has 1 amide bonds. The van der Waals surface area contributed by atoms with Crippen molar-refractivity contribution in [1.82, 2.24) is 5.32 Å². The van der Waals surface area contributed by atoms with Gasteiger partial charge in [0.15, 0.2) is 6.61 Å². The topological polar surface area (TPSA) is 47.6 Å². The number of nitrogens with one attached hydrogen (secondary N) is 1. The summed E-state index contributed by atoms with van der Waals surface area (Å²) in [6, 6.07) is 7.88. The van der Waals surface area contributed by atoms with Crippen molar-refractivity contribution in [2.45, 2.75) is 18.9 Å². The molecule has 5 heteroatoms. The first-order chi connectivity index (χ1) is 8.75. The van der Waals surface area contributed by atoms with E-state index in [0.717, 1.165) is 35.4 Å². The molecule has 18 heavy (non-hydrogen) atoms. The van der Waals surface area contributed by atoms with Gasteiger partial charge in [-0.05, 0) is 47.6 Å². The average molecular weight is 361 g/mol. The van der Waals surface area contributed by atoms with Crippen LogP contribution < -0.4 is 10.1 Å². The number of ether oxygens (including phenoxy) is 2. The second-order valence-corrected chi connectivity index (χ2v) is 5.34. The van der Waals surface area contributed by atoms with Crippen LogP contribution in [0.4, 0.5) is 0 Å². The number of para-hydroxylation sites is 1. The molecule has 1 heterocycles. The lowest BCUT2D eigenvalue weighted by molar-refractivity contribution is -0.124. The molecule has 2 rings (SSSR count). The van der Waals surface area contributed by atoms with Gasteiger partial charge in [-0.15, -0.1) is 0 Å². The van der Waals surface area contributed by atoms with Crippen LogP contribution in [0.5, 0.6) is 5.75 Å². The predicted molar refractivity (Wildman–Crippen MR) is 76.6 cm³/mol. The van der Waals surface area contributed by atoms with E-state index in [1.165, 1.54) is 0 Å². The quantitative estimate of drug-likeness (QED) is 0.835. The van der Waals surface area contributed by atoms with Gasteiger partial charge in [0.2, 0.25) is 0 Å². The number of carbonyl (C=O) groups excluding carboxylic acids is 1. The summed E-state index contributed by atoms with van der Waals surface area (Å²) in [5.74, 6) is 0.682. The Hall–Kier alpha value is -0.820. The van der Waals surface area contributed by atoms with Gasteiger partial charge in [0.05, 0.1) is 3.57 Å². The first kappa shape index (κ1) is 13.6. The lowest BCUT2D eigenvalue weighted by atomic mass is 10.1. The first-order valence-electron chi connectivity index (χ1n) is 6.00. The standard InChI is InChI=1S/C13H16INO3/c14-11-3-1-2-4-12(11)18-9-13(16)15-10-5-7-17-8-6-10/h1-4,10H,5-9H2,(H,15,16). The zero-order valence-corrected chi connectivity index (χ0v) is 12.2. The molecule has 0 aromatic heterocycles. The van der Waals surface area contributed by atoms with Gasteiger partial charge in [-0.2, -0.15) is 0 Å². The Kier molecular flexibility index (Phi) is 5.25. The first-order valence-corrected chi connectivity index (χ1v) is 7.08. The highest BCUT2D eigenvalue weighted by Gasteiger charge is 2.16. The molecule has 1 aliphatic rings. The molecular formula is C13H16INO3. The van der Waals surface area contributed by atoms with E-state index in [-0.39, 0.29) is 18.6 Å². The maximum absolute atomic E-state index is 11.7. The monoisotopic (exact) mass is 361 g/mol. The molecule has 0 radical (unpaired) electrons. The number of amides is 1. The van der Waals surface area contributed by atoms with Crippen LogP contribution in [0.1, 0.15) is 12.8 Å². The van der Waals surface area contributed by atoms with Gasteiger partial charge in [0.1, 0.15) is 5.75 Å². The number of rotatable bonds is 4. The highest BCUT2D eigenvalue weighted by atomic mass is 127. The predicted octanol–water partition coefficient (Wildman–Crippen LogP) is 1.97. The molecule has 0 unspecified atom stereocenters. The molecule has 0 aliphatic carbocycles. The van der Waals surface area contributed by atoms with Crippen LogP contribution in [-0.2, 0) is 9.53 Å². The van der Waals surface area contributed by atoms with Crippen molar-refractivity contribution in [3.8, 4) is 5.75 Å². The molecule has 1 fully saturated rings. The summed E-state index contributed by atoms with van der Waals surface area (Å²) in [6.07, 6.45) is 1.77. The summed E-state index contributed by atoms with van der Waals surface area (Å²) in [6.45, 7) is 1.52. The van der Waals surface area contributed by atoms with Crippen LogP contribution in [0.3, 0.4) is 0 Å². The van der Waals surface area contributed by atoms with Crippen molar-refractivity contribution in [1.29, 1.82) is 0 Å². The average Bonchev–Trinajstić information content (AvgIpc) is 2.39. The number of benzene rings is 1. The summed E-state index contributed by atoms with van der Waals surface area (Å²) in [7, 11) is 0. The summed E-state index contributed by atoms with van der Waals surface area (Å²) in [5.41, 5.74) is 0. The molecule has 1 aromatic carbocycles. The van der Waals surface area contributed by atoms with Crippen molar-refractivity contribution in [2.75, 3.05) is 19.8 Å². The van der Waals surface area contributed by atoms with E-state index < -0.39 is 0 Å². The number of carbonyl (C=O) groups is 1. The molecule has 1 N–H and O–H groups in total. The minimum atomic E-state index is -0.0680. The Morgan fingerprint density at radius 2 is 2.11 bits per heavy atom. The molecule has 98 valence electrons. The molecule has 0 bridgehead atoms. The van der Waals surface area contributed by atoms with Crippen molar-refractivity contribution < 1.29 is 14.3 Å². The maximum Gasteiger partial charge on any atom is 0.258 e. The van der Waals surface area contributed by atoms with Crippen LogP contribution in [0, 0.1) is 3.57 Å². The van der Waals surface area contributed by atoms with Crippen LogP contribution in [0.2, 0.25) is 0 Å². The Balaban J connectivity index is 1.76. The van der Waals surface area contributed by atoms with Crippen molar-refractivity contribution >= 4 is 28.5 Å². The smallest absolute Gasteiger partial charge is 0.258 e. The Morgan fingerprint density at radius 3 is 2.83 bits per heavy atom. The van der Waals surface area contributed by atoms with Crippen molar-refractivity contribution in [2.24, 2.45) is 0 Å². The third-order valence-corrected chi connectivity index (χ3v) is 3.67. The molecule has 4 nitrogen and oxygen atoms in total. The van der Waals surface area contributed by atoms with E-state index in [1.807, 2.05) is 24.3 Å². The Bertz CT molecular complexity index is 405. The maximum atomic E-state index is 11.7. The minimum Gasteiger partial charge on any atom is -0.483 e. The third-order valence-electron chi connectivity index (χ3n) is 2.78. The summed E-state index contributed by atoms with van der Waals surface area (Å²) < 4.78 is 11.7. The second kappa shape index (κ2) is 6.94. The van der Waals surface area contributed by atoms with Gasteiger partial charge in [0, 0.05) is 19.3 Å². The van der Waals surface area contributed by atoms with Crippen LogP contribution >= 0.6 is 22.6 Å². The van der Waals surface area contributed by atoms with Crippen molar-refractivity contribution in [3.63, 3.8) is 0 Å². The van der Waals surface area contributed by atoms with Crippen LogP contribution in [0.25, 0.3) is 0 Å². The van der Waals surface area contributed by atoms with E-state index in [2.05, 4.69) is 27.9 Å². The molecule has 0 spiro atoms. The zero-order valence-electron chi connectivity index (χ0n) is 10.0. The van der Waals surface area contributed by atoms with Crippen LogP contribution in [-0.4, -0.2) is 31.8 Å². The minimum absolute atomic E-state index is 0.0668. The summed E-state index contributed by atoms with van der Waals surface area (Å²) >= 11 is 2.19. The fourth-order valence-electron chi connectivity index (χ4n) is 1.82. The lowest BCUT2D eigenvalue weighted by Crippen LogP contribution is -2.41. The summed E-state index contributed by atoms with van der Waals surface area (Å²) in [4.78, 5) is 11.7. The van der Waals surface area contributed by atoms with Gasteiger partial charge in [-0.25, -0.2) is 0 Å². The number of halogens is 1. The molecule has 0 saturated carbocycles. The fourth-order valence-corrected chi connectivity index (χ4v) is 2.36. The van der Waals surface area contributed by atoms with Crippen molar-refractivity contribution in [3.05, 3.63) is 27.8 Å². The van der Waals surface area contributed by atoms with E-state index in [1.54, 1.807) is 0 Å². The highest BCUT2D eigenvalue weighted by molar-refractivity contribution is 14.1. The normalized spacial score (nSPS) is 16.3. The fraction of sp³-hybridized carbons (Fsp3) is 0.462. The SMILES string of the molecule is O=C(COc1ccccc1I)NC1CCOCC1. The zero-order chi connectivity index (χ0) is 12.8. The van der Waals surface area contributed by atoms with Gasteiger partial charge in [0.25, 0.3) is 5.91 Å². The number of hydrogen-bond acceptors (Lipinski definition) is 3. The number of hydrogen-bond donors (Lipinski definition) is 1. The Morgan fingerprint density at radius 1 is 1.39 bits per heavy atom. The molecule has 1 aromatic rings. The van der Waals surface area contributed by atoms with E-state index in [9.17, 15) is 4.79 Å².